The molecule has 0 aliphatic carbocycles. The van der Waals surface area contributed by atoms with Crippen LogP contribution in [0.15, 0.2) is 52.9 Å². The minimum absolute atomic E-state index is 0.103. The number of piperazine rings is 1. The van der Waals surface area contributed by atoms with Gasteiger partial charge in [0.15, 0.2) is 5.76 Å². The van der Waals surface area contributed by atoms with Crippen molar-refractivity contribution in [1.29, 1.82) is 0 Å². The molecule has 1 N–H and O–H groups in total. The number of rotatable bonds is 4. The van der Waals surface area contributed by atoms with Crippen molar-refractivity contribution in [1.82, 2.24) is 10.2 Å². The van der Waals surface area contributed by atoms with Crippen LogP contribution in [-0.2, 0) is 11.3 Å². The molecule has 27 heavy (non-hydrogen) atoms. The Morgan fingerprint density at radius 1 is 1.30 bits per heavy atom. The van der Waals surface area contributed by atoms with Gasteiger partial charge in [-0.1, -0.05) is 41.9 Å². The lowest BCUT2D eigenvalue weighted by Crippen LogP contribution is -2.48. The molecule has 0 radical (unpaired) electrons. The van der Waals surface area contributed by atoms with E-state index in [0.717, 1.165) is 23.1 Å². The summed E-state index contributed by atoms with van der Waals surface area (Å²) in [4.78, 5) is 15.3. The number of nitrogens with zero attached hydrogens (tertiary/aromatic N) is 1. The molecule has 1 aliphatic rings. The molecule has 1 unspecified atom stereocenters. The lowest BCUT2D eigenvalue weighted by atomic mass is 10.0. The first-order chi connectivity index (χ1) is 13.2. The summed E-state index contributed by atoms with van der Waals surface area (Å²) < 4.78 is 11.3. The molecule has 0 spiro atoms. The van der Waals surface area contributed by atoms with Gasteiger partial charge in [0.25, 0.3) is 5.91 Å². The minimum Gasteiger partial charge on any atom is -0.451 e. The molecular weight excluding hydrogens is 364 g/mol. The highest BCUT2D eigenvalue weighted by Gasteiger charge is 2.32. The maximum atomic E-state index is 13.4. The molecule has 0 bridgehead atoms. The van der Waals surface area contributed by atoms with Crippen molar-refractivity contribution in [2.24, 2.45) is 0 Å². The van der Waals surface area contributed by atoms with Gasteiger partial charge in [0, 0.05) is 42.7 Å². The average Bonchev–Trinajstić information content (AvgIpc) is 3.06. The third-order valence-electron chi connectivity index (χ3n) is 4.92. The average molecular weight is 385 g/mol. The van der Waals surface area contributed by atoms with E-state index in [1.807, 2.05) is 53.4 Å². The van der Waals surface area contributed by atoms with Crippen LogP contribution >= 0.6 is 11.6 Å². The molecular formula is C21H21ClN2O3. The predicted octanol–water partition coefficient (Wildman–Crippen LogP) is 4.02. The lowest BCUT2D eigenvalue weighted by Gasteiger charge is -2.36. The number of amides is 1. The third kappa shape index (κ3) is 3.46. The van der Waals surface area contributed by atoms with Crippen LogP contribution in [0.25, 0.3) is 11.0 Å². The zero-order chi connectivity index (χ0) is 18.8. The molecule has 0 saturated carbocycles. The summed E-state index contributed by atoms with van der Waals surface area (Å²) in [7, 11) is 1.62. The summed E-state index contributed by atoms with van der Waals surface area (Å²) in [6.07, 6.45) is 0. The number of halogens is 1. The summed E-state index contributed by atoms with van der Waals surface area (Å²) in [5.74, 6) is 0.233. The number of ether oxygens (including phenoxy) is 1. The second-order valence-corrected chi connectivity index (χ2v) is 7.05. The van der Waals surface area contributed by atoms with Gasteiger partial charge in [-0.05, 0) is 23.8 Å². The van der Waals surface area contributed by atoms with Crippen LogP contribution in [0.4, 0.5) is 0 Å². The zero-order valence-electron chi connectivity index (χ0n) is 15.1. The second-order valence-electron chi connectivity index (χ2n) is 6.61. The quantitative estimate of drug-likeness (QED) is 0.738. The molecule has 3 aromatic rings. The number of carbonyl (C=O) groups excluding carboxylic acids is 1. The van der Waals surface area contributed by atoms with Crippen molar-refractivity contribution < 1.29 is 13.9 Å². The zero-order valence-corrected chi connectivity index (χ0v) is 15.8. The molecule has 1 atom stereocenters. The highest BCUT2D eigenvalue weighted by Crippen LogP contribution is 2.31. The molecule has 2 heterocycles. The molecule has 140 valence electrons. The first kappa shape index (κ1) is 18.0. The maximum Gasteiger partial charge on any atom is 0.290 e. The van der Waals surface area contributed by atoms with Crippen molar-refractivity contribution in [2.75, 3.05) is 26.7 Å². The number of fused-ring (bicyclic) bond motifs is 1. The van der Waals surface area contributed by atoms with E-state index in [1.54, 1.807) is 7.11 Å². The largest absolute Gasteiger partial charge is 0.451 e. The standard InChI is InChI=1S/C21H21ClN2O3/c1-26-13-17-16-7-2-3-8-19(16)27-20(17)21(25)24-10-9-23-12-18(24)14-5-4-6-15(22)11-14/h2-8,11,18,23H,9-10,12-13H2,1H3. The summed E-state index contributed by atoms with van der Waals surface area (Å²) in [6.45, 7) is 2.33. The number of benzene rings is 2. The van der Waals surface area contributed by atoms with Crippen LogP contribution < -0.4 is 5.32 Å². The minimum atomic E-state index is -0.121. The van der Waals surface area contributed by atoms with E-state index in [2.05, 4.69) is 5.32 Å². The predicted molar refractivity (Wildman–Crippen MR) is 105 cm³/mol. The first-order valence-electron chi connectivity index (χ1n) is 8.95. The van der Waals surface area contributed by atoms with Crippen molar-refractivity contribution >= 4 is 28.5 Å². The van der Waals surface area contributed by atoms with Crippen molar-refractivity contribution in [3.05, 3.63) is 70.4 Å². The summed E-state index contributed by atoms with van der Waals surface area (Å²) in [5.41, 5.74) is 2.50. The van der Waals surface area contributed by atoms with Crippen molar-refractivity contribution in [3.63, 3.8) is 0 Å². The molecule has 1 saturated heterocycles. The van der Waals surface area contributed by atoms with E-state index < -0.39 is 0 Å². The van der Waals surface area contributed by atoms with E-state index >= 15 is 0 Å². The van der Waals surface area contributed by atoms with Crippen LogP contribution in [0.3, 0.4) is 0 Å². The highest BCUT2D eigenvalue weighted by molar-refractivity contribution is 6.30. The topological polar surface area (TPSA) is 54.7 Å². The number of hydrogen-bond donors (Lipinski definition) is 1. The van der Waals surface area contributed by atoms with Gasteiger partial charge in [-0.15, -0.1) is 0 Å². The number of hydrogen-bond acceptors (Lipinski definition) is 4. The van der Waals surface area contributed by atoms with Gasteiger partial charge in [-0.25, -0.2) is 0 Å². The summed E-state index contributed by atoms with van der Waals surface area (Å²) in [5, 5.41) is 4.94. The third-order valence-corrected chi connectivity index (χ3v) is 5.15. The van der Waals surface area contributed by atoms with Crippen LogP contribution in [0.1, 0.15) is 27.7 Å². The Kier molecular flexibility index (Phi) is 5.16. The molecule has 1 amide bonds. The molecule has 6 heteroatoms. The van der Waals surface area contributed by atoms with Crippen molar-refractivity contribution in [2.45, 2.75) is 12.6 Å². The fourth-order valence-electron chi connectivity index (χ4n) is 3.65. The van der Waals surface area contributed by atoms with E-state index in [4.69, 9.17) is 20.8 Å². The van der Waals surface area contributed by atoms with Gasteiger partial charge in [-0.3, -0.25) is 4.79 Å². The Morgan fingerprint density at radius 3 is 2.96 bits per heavy atom. The van der Waals surface area contributed by atoms with Crippen LogP contribution in [-0.4, -0.2) is 37.6 Å². The smallest absolute Gasteiger partial charge is 0.290 e. The van der Waals surface area contributed by atoms with Gasteiger partial charge in [0.1, 0.15) is 5.58 Å². The monoisotopic (exact) mass is 384 g/mol. The van der Waals surface area contributed by atoms with Gasteiger partial charge < -0.3 is 19.4 Å². The number of para-hydroxylation sites is 1. The second kappa shape index (κ2) is 7.72. The van der Waals surface area contributed by atoms with Crippen LogP contribution in [0, 0.1) is 0 Å². The first-order valence-corrected chi connectivity index (χ1v) is 9.33. The molecule has 5 nitrogen and oxygen atoms in total. The lowest BCUT2D eigenvalue weighted by molar-refractivity contribution is 0.0598. The maximum absolute atomic E-state index is 13.4. The summed E-state index contributed by atoms with van der Waals surface area (Å²) >= 11 is 6.17. The Hall–Kier alpha value is -2.34. The number of furan rings is 1. The van der Waals surface area contributed by atoms with Gasteiger partial charge in [0.05, 0.1) is 12.6 Å². The van der Waals surface area contributed by atoms with Crippen molar-refractivity contribution in [3.8, 4) is 0 Å². The molecule has 4 rings (SSSR count). The highest BCUT2D eigenvalue weighted by atomic mass is 35.5. The Balaban J connectivity index is 1.74. The number of methoxy groups -OCH3 is 1. The van der Waals surface area contributed by atoms with E-state index in [0.29, 0.717) is 36.1 Å². The number of carbonyl (C=O) groups is 1. The summed E-state index contributed by atoms with van der Waals surface area (Å²) in [6, 6.07) is 15.2. The van der Waals surface area contributed by atoms with E-state index in [-0.39, 0.29) is 11.9 Å². The Morgan fingerprint density at radius 2 is 2.15 bits per heavy atom. The van der Waals surface area contributed by atoms with Gasteiger partial charge in [0.2, 0.25) is 0 Å². The molecule has 2 aromatic carbocycles. The molecule has 1 aliphatic heterocycles. The molecule has 1 aromatic heterocycles. The van der Waals surface area contributed by atoms with E-state index in [9.17, 15) is 4.79 Å². The SMILES string of the molecule is COCc1c(C(=O)N2CCNCC2c2cccc(Cl)c2)oc2ccccc12. The Bertz CT molecular complexity index is 969. The van der Waals surface area contributed by atoms with Crippen LogP contribution in [0.5, 0.6) is 0 Å². The number of nitrogens with one attached hydrogen (secondary N) is 1. The Labute approximate surface area is 162 Å². The normalized spacial score (nSPS) is 17.4. The molecule has 1 fully saturated rings. The van der Waals surface area contributed by atoms with Crippen LogP contribution in [0.2, 0.25) is 5.02 Å². The fourth-order valence-corrected chi connectivity index (χ4v) is 3.85. The van der Waals surface area contributed by atoms with E-state index in [1.165, 1.54) is 0 Å². The van der Waals surface area contributed by atoms with Gasteiger partial charge in [-0.2, -0.15) is 0 Å². The fraction of sp³-hybridized carbons (Fsp3) is 0.286. The van der Waals surface area contributed by atoms with Gasteiger partial charge >= 0.3 is 0 Å².